The van der Waals surface area contributed by atoms with Gasteiger partial charge in [0, 0.05) is 25.3 Å². The number of carbonyl (C=O) groups excluding carboxylic acids is 1. The van der Waals surface area contributed by atoms with Crippen molar-refractivity contribution in [3.05, 3.63) is 84.2 Å². The third-order valence-corrected chi connectivity index (χ3v) is 7.64. The molecule has 1 aliphatic rings. The fourth-order valence-electron chi connectivity index (χ4n) is 3.83. The van der Waals surface area contributed by atoms with E-state index in [0.29, 0.717) is 19.0 Å². The highest BCUT2D eigenvalue weighted by atomic mass is 32.2. The van der Waals surface area contributed by atoms with E-state index in [0.717, 1.165) is 40.8 Å². The lowest BCUT2D eigenvalue weighted by molar-refractivity contribution is -0.119. The van der Waals surface area contributed by atoms with Gasteiger partial charge in [0.1, 0.15) is 18.1 Å². The van der Waals surface area contributed by atoms with Gasteiger partial charge >= 0.3 is 0 Å². The normalized spacial score (nSPS) is 13.8. The summed E-state index contributed by atoms with van der Waals surface area (Å²) in [4.78, 5) is 15.0. The van der Waals surface area contributed by atoms with Gasteiger partial charge in [-0.2, -0.15) is 0 Å². The SMILES string of the molecule is COc1ccc(S(=O)(=O)N(CC(=O)NCc2ccc(N3CCOCC3)cc2)c2ccc(F)cc2)cc1. The summed E-state index contributed by atoms with van der Waals surface area (Å²) in [7, 11) is -2.63. The quantitative estimate of drug-likeness (QED) is 0.473. The highest BCUT2D eigenvalue weighted by Gasteiger charge is 2.27. The second-order valence-corrected chi connectivity index (χ2v) is 10.1. The maximum atomic E-state index is 13.5. The minimum atomic E-state index is -4.11. The van der Waals surface area contributed by atoms with E-state index in [2.05, 4.69) is 10.2 Å². The molecule has 8 nitrogen and oxygen atoms in total. The number of halogens is 1. The number of morpholine rings is 1. The first-order valence-corrected chi connectivity index (χ1v) is 12.9. The lowest BCUT2D eigenvalue weighted by Crippen LogP contribution is -2.40. The standard InChI is InChI=1S/C26H28FN3O5S/c1-34-24-10-12-25(13-11-24)36(32,33)30(23-8-4-21(27)5-9-23)19-26(31)28-18-20-2-6-22(7-3-20)29-14-16-35-17-15-29/h2-13H,14-19H2,1H3,(H,28,31). The summed E-state index contributed by atoms with van der Waals surface area (Å²) in [6, 6.07) is 18.6. The van der Waals surface area contributed by atoms with Crippen molar-refractivity contribution in [2.24, 2.45) is 0 Å². The fraction of sp³-hybridized carbons (Fsp3) is 0.269. The molecule has 0 spiro atoms. The van der Waals surface area contributed by atoms with Crippen molar-refractivity contribution in [3.63, 3.8) is 0 Å². The van der Waals surface area contributed by atoms with Crippen molar-refractivity contribution in [2.75, 3.05) is 49.2 Å². The van der Waals surface area contributed by atoms with Crippen LogP contribution in [0.5, 0.6) is 5.75 Å². The predicted octanol–water partition coefficient (Wildman–Crippen LogP) is 3.18. The molecule has 4 rings (SSSR count). The van der Waals surface area contributed by atoms with Gasteiger partial charge in [0.25, 0.3) is 10.0 Å². The minimum absolute atomic E-state index is 0.0147. The van der Waals surface area contributed by atoms with E-state index < -0.39 is 28.3 Å². The summed E-state index contributed by atoms with van der Waals surface area (Å²) < 4.78 is 51.8. The Labute approximate surface area is 210 Å². The molecule has 1 aliphatic heterocycles. The molecular weight excluding hydrogens is 485 g/mol. The zero-order valence-electron chi connectivity index (χ0n) is 19.9. The number of carbonyl (C=O) groups is 1. The number of methoxy groups -OCH3 is 1. The van der Waals surface area contributed by atoms with Gasteiger partial charge in [-0.25, -0.2) is 12.8 Å². The second kappa shape index (κ2) is 11.4. The molecule has 190 valence electrons. The van der Waals surface area contributed by atoms with Gasteiger partial charge in [-0.15, -0.1) is 0 Å². The fourth-order valence-corrected chi connectivity index (χ4v) is 5.25. The Balaban J connectivity index is 1.46. The molecule has 10 heteroatoms. The number of nitrogens with zero attached hydrogens (tertiary/aromatic N) is 2. The van der Waals surface area contributed by atoms with E-state index >= 15 is 0 Å². The highest BCUT2D eigenvalue weighted by molar-refractivity contribution is 7.92. The number of hydrogen-bond donors (Lipinski definition) is 1. The maximum Gasteiger partial charge on any atom is 0.264 e. The Hall–Kier alpha value is -3.63. The number of ether oxygens (including phenoxy) is 2. The smallest absolute Gasteiger partial charge is 0.264 e. The molecule has 1 heterocycles. The van der Waals surface area contributed by atoms with E-state index in [1.54, 1.807) is 0 Å². The van der Waals surface area contributed by atoms with Crippen molar-refractivity contribution in [3.8, 4) is 5.75 Å². The Bertz CT molecular complexity index is 1260. The predicted molar refractivity (Wildman–Crippen MR) is 135 cm³/mol. The average Bonchev–Trinajstić information content (AvgIpc) is 2.92. The van der Waals surface area contributed by atoms with Crippen LogP contribution in [0.3, 0.4) is 0 Å². The molecule has 0 aromatic heterocycles. The van der Waals surface area contributed by atoms with Crippen LogP contribution in [0.1, 0.15) is 5.56 Å². The molecule has 1 saturated heterocycles. The van der Waals surface area contributed by atoms with Crippen molar-refractivity contribution in [1.82, 2.24) is 5.32 Å². The summed E-state index contributed by atoms with van der Waals surface area (Å²) in [5.41, 5.74) is 2.14. The molecule has 0 unspecified atom stereocenters. The zero-order chi connectivity index (χ0) is 25.5. The Morgan fingerprint density at radius 1 is 1.00 bits per heavy atom. The molecule has 1 amide bonds. The van der Waals surface area contributed by atoms with E-state index in [4.69, 9.17) is 9.47 Å². The lowest BCUT2D eigenvalue weighted by atomic mass is 10.2. The first kappa shape index (κ1) is 25.5. The van der Waals surface area contributed by atoms with Crippen LogP contribution in [0.15, 0.2) is 77.7 Å². The molecule has 0 saturated carbocycles. The van der Waals surface area contributed by atoms with E-state index in [-0.39, 0.29) is 17.1 Å². The highest BCUT2D eigenvalue weighted by Crippen LogP contribution is 2.25. The molecule has 3 aromatic carbocycles. The molecular formula is C26H28FN3O5S. The van der Waals surface area contributed by atoms with E-state index in [9.17, 15) is 17.6 Å². The summed E-state index contributed by atoms with van der Waals surface area (Å²) in [6.07, 6.45) is 0. The van der Waals surface area contributed by atoms with Crippen LogP contribution in [0.4, 0.5) is 15.8 Å². The van der Waals surface area contributed by atoms with Gasteiger partial charge < -0.3 is 19.7 Å². The van der Waals surface area contributed by atoms with Gasteiger partial charge in [-0.05, 0) is 66.2 Å². The topological polar surface area (TPSA) is 88.2 Å². The minimum Gasteiger partial charge on any atom is -0.497 e. The number of benzene rings is 3. The van der Waals surface area contributed by atoms with Crippen LogP contribution in [0.25, 0.3) is 0 Å². The van der Waals surface area contributed by atoms with Gasteiger partial charge in [0.15, 0.2) is 0 Å². The van der Waals surface area contributed by atoms with Gasteiger partial charge in [-0.1, -0.05) is 12.1 Å². The number of hydrogen-bond acceptors (Lipinski definition) is 6. The third kappa shape index (κ3) is 6.13. The van der Waals surface area contributed by atoms with Crippen molar-refractivity contribution in [2.45, 2.75) is 11.4 Å². The molecule has 3 aromatic rings. The van der Waals surface area contributed by atoms with Crippen LogP contribution in [0, 0.1) is 5.82 Å². The van der Waals surface area contributed by atoms with Gasteiger partial charge in [-0.3, -0.25) is 9.10 Å². The number of rotatable bonds is 9. The molecule has 0 radical (unpaired) electrons. The number of sulfonamides is 1. The zero-order valence-corrected chi connectivity index (χ0v) is 20.7. The molecule has 0 atom stereocenters. The first-order valence-electron chi connectivity index (χ1n) is 11.5. The molecule has 1 fully saturated rings. The summed E-state index contributed by atoms with van der Waals surface area (Å²) >= 11 is 0. The Morgan fingerprint density at radius 2 is 1.64 bits per heavy atom. The van der Waals surface area contributed by atoms with E-state index in [1.807, 2.05) is 24.3 Å². The molecule has 0 bridgehead atoms. The molecule has 1 N–H and O–H groups in total. The summed E-state index contributed by atoms with van der Waals surface area (Å²) in [5.74, 6) is -0.501. The average molecular weight is 514 g/mol. The first-order chi connectivity index (χ1) is 17.4. The van der Waals surface area contributed by atoms with Crippen LogP contribution in [-0.2, 0) is 26.1 Å². The van der Waals surface area contributed by atoms with Crippen LogP contribution >= 0.6 is 0 Å². The molecule has 0 aliphatic carbocycles. The van der Waals surface area contributed by atoms with E-state index in [1.165, 1.54) is 43.5 Å². The van der Waals surface area contributed by atoms with Crippen molar-refractivity contribution in [1.29, 1.82) is 0 Å². The lowest BCUT2D eigenvalue weighted by Gasteiger charge is -2.29. The molecule has 36 heavy (non-hydrogen) atoms. The van der Waals surface area contributed by atoms with Crippen LogP contribution in [-0.4, -0.2) is 54.3 Å². The number of anilines is 2. The van der Waals surface area contributed by atoms with Crippen LogP contribution < -0.4 is 19.3 Å². The van der Waals surface area contributed by atoms with Crippen LogP contribution in [0.2, 0.25) is 0 Å². The monoisotopic (exact) mass is 513 g/mol. The number of amides is 1. The maximum absolute atomic E-state index is 13.5. The number of nitrogens with one attached hydrogen (secondary N) is 1. The summed E-state index contributed by atoms with van der Waals surface area (Å²) in [5, 5.41) is 2.78. The third-order valence-electron chi connectivity index (χ3n) is 5.85. The Morgan fingerprint density at radius 3 is 2.25 bits per heavy atom. The largest absolute Gasteiger partial charge is 0.497 e. The second-order valence-electron chi connectivity index (χ2n) is 8.21. The van der Waals surface area contributed by atoms with Crippen molar-refractivity contribution < 1.29 is 27.1 Å². The summed E-state index contributed by atoms with van der Waals surface area (Å²) in [6.45, 7) is 2.83. The Kier molecular flexibility index (Phi) is 8.07. The van der Waals surface area contributed by atoms with Gasteiger partial charge in [0.05, 0.1) is 30.9 Å². The van der Waals surface area contributed by atoms with Gasteiger partial charge in [0.2, 0.25) is 5.91 Å². The van der Waals surface area contributed by atoms with Crippen molar-refractivity contribution >= 4 is 27.3 Å².